The lowest BCUT2D eigenvalue weighted by atomic mass is 9.69. The van der Waals surface area contributed by atoms with Crippen molar-refractivity contribution in [3.05, 3.63) is 58.1 Å². The maximum absolute atomic E-state index is 12.9. The molecule has 192 valence electrons. The summed E-state index contributed by atoms with van der Waals surface area (Å²) < 4.78 is 12.2. The molecule has 36 heavy (non-hydrogen) atoms. The van der Waals surface area contributed by atoms with E-state index < -0.39 is 5.60 Å². The Kier molecular flexibility index (Phi) is 6.80. The van der Waals surface area contributed by atoms with Crippen molar-refractivity contribution in [3.63, 3.8) is 0 Å². The summed E-state index contributed by atoms with van der Waals surface area (Å²) in [5.41, 5.74) is 3.37. The van der Waals surface area contributed by atoms with Crippen LogP contribution in [0.4, 0.5) is 5.69 Å². The number of aryl methyl sites for hydroxylation is 1. The summed E-state index contributed by atoms with van der Waals surface area (Å²) in [6.07, 6.45) is 7.04. The third-order valence-corrected chi connectivity index (χ3v) is 8.34. The van der Waals surface area contributed by atoms with Gasteiger partial charge in [0.2, 0.25) is 0 Å². The second-order valence-corrected chi connectivity index (χ2v) is 12.2. The predicted octanol–water partition coefficient (Wildman–Crippen LogP) is 6.38. The molecular weight excluding hydrogens is 474 g/mol. The van der Waals surface area contributed by atoms with Crippen LogP contribution in [-0.4, -0.2) is 37.6 Å². The van der Waals surface area contributed by atoms with Crippen molar-refractivity contribution in [2.24, 2.45) is 11.8 Å². The number of halogens is 1. The predicted molar refractivity (Wildman–Crippen MR) is 142 cm³/mol. The topological polar surface area (TPSA) is 55.8 Å². The van der Waals surface area contributed by atoms with E-state index in [1.807, 2.05) is 39.0 Å². The van der Waals surface area contributed by atoms with Gasteiger partial charge >= 0.3 is 5.97 Å². The minimum absolute atomic E-state index is 0.160. The van der Waals surface area contributed by atoms with Crippen LogP contribution in [0, 0.1) is 11.8 Å². The second-order valence-electron chi connectivity index (χ2n) is 11.8. The van der Waals surface area contributed by atoms with Crippen molar-refractivity contribution < 1.29 is 19.1 Å². The van der Waals surface area contributed by atoms with Crippen molar-refractivity contribution in [2.45, 2.75) is 70.3 Å². The fourth-order valence-electron chi connectivity index (χ4n) is 6.17. The number of hydrogen-bond acceptors (Lipinski definition) is 5. The fraction of sp³-hybridized carbons (Fsp3) is 0.533. The molecule has 1 fully saturated rings. The van der Waals surface area contributed by atoms with Gasteiger partial charge in [-0.1, -0.05) is 17.7 Å². The third kappa shape index (κ3) is 5.00. The highest BCUT2D eigenvalue weighted by Crippen LogP contribution is 2.46. The zero-order valence-corrected chi connectivity index (χ0v) is 22.3. The van der Waals surface area contributed by atoms with E-state index in [-0.39, 0.29) is 11.4 Å². The molecule has 0 amide bonds. The molecule has 1 unspecified atom stereocenters. The number of rotatable bonds is 5. The Balaban J connectivity index is 1.52. The highest BCUT2D eigenvalue weighted by Gasteiger charge is 2.43. The van der Waals surface area contributed by atoms with Gasteiger partial charge in [-0.05, 0) is 106 Å². The Morgan fingerprint density at radius 1 is 1.19 bits per heavy atom. The first-order valence-electron chi connectivity index (χ1n) is 13.2. The first-order chi connectivity index (χ1) is 17.2. The molecule has 2 aromatic rings. The van der Waals surface area contributed by atoms with Crippen molar-refractivity contribution in [1.29, 1.82) is 0 Å². The van der Waals surface area contributed by atoms with Crippen molar-refractivity contribution >= 4 is 29.5 Å². The Labute approximate surface area is 219 Å². The Hall–Kier alpha value is -2.53. The summed E-state index contributed by atoms with van der Waals surface area (Å²) in [7, 11) is 0. The van der Waals surface area contributed by atoms with Crippen LogP contribution in [0.3, 0.4) is 0 Å². The summed E-state index contributed by atoms with van der Waals surface area (Å²) >= 11 is 6.36. The number of fused-ring (bicyclic) bond motifs is 3. The lowest BCUT2D eigenvalue weighted by Gasteiger charge is -2.44. The molecule has 0 aromatic heterocycles. The highest BCUT2D eigenvalue weighted by molar-refractivity contribution is 6.30. The van der Waals surface area contributed by atoms with Crippen LogP contribution in [0.5, 0.6) is 5.75 Å². The second kappa shape index (κ2) is 9.74. The zero-order chi connectivity index (χ0) is 25.5. The van der Waals surface area contributed by atoms with Gasteiger partial charge in [0.05, 0.1) is 17.9 Å². The van der Waals surface area contributed by atoms with Crippen LogP contribution in [0.1, 0.15) is 74.4 Å². The molecule has 1 aliphatic heterocycles. The molecule has 5 nitrogen and oxygen atoms in total. The average molecular weight is 510 g/mol. The molecule has 5 rings (SSSR count). The Bertz CT molecular complexity index is 1160. The van der Waals surface area contributed by atoms with Gasteiger partial charge in [0.25, 0.3) is 0 Å². The normalized spacial score (nSPS) is 25.2. The number of nitrogens with zero attached hydrogens (tertiary/aromatic N) is 1. The Morgan fingerprint density at radius 2 is 2.00 bits per heavy atom. The standard InChI is InChI=1S/C30H36ClNO4/c1-29(2,3)36-28(34)22-8-11-27-26(16-22)32(17-23-7-6-20(23)12-14-33)18-30(19-35-27)13-4-5-21-15-24(31)9-10-25(21)30/h8-11,14-16,20,23H,4-7,12-13,17-19H2,1-3H3/t20-,23-,30?/m0/s1. The minimum atomic E-state index is -0.564. The molecular formula is C30H36ClNO4. The van der Waals surface area contributed by atoms with E-state index in [1.165, 1.54) is 11.1 Å². The van der Waals surface area contributed by atoms with Gasteiger partial charge in [0.15, 0.2) is 0 Å². The third-order valence-electron chi connectivity index (χ3n) is 8.10. The minimum Gasteiger partial charge on any atom is -0.490 e. The molecule has 2 aromatic carbocycles. The van der Waals surface area contributed by atoms with Crippen LogP contribution < -0.4 is 9.64 Å². The van der Waals surface area contributed by atoms with E-state index in [0.717, 1.165) is 67.9 Å². The average Bonchev–Trinajstić information content (AvgIpc) is 2.96. The lowest BCUT2D eigenvalue weighted by Crippen LogP contribution is -2.48. The first kappa shape index (κ1) is 25.1. The summed E-state index contributed by atoms with van der Waals surface area (Å²) in [6, 6.07) is 11.9. The highest BCUT2D eigenvalue weighted by atomic mass is 35.5. The zero-order valence-electron chi connectivity index (χ0n) is 21.5. The fourth-order valence-corrected chi connectivity index (χ4v) is 6.37. The Morgan fingerprint density at radius 3 is 2.72 bits per heavy atom. The smallest absolute Gasteiger partial charge is 0.338 e. The maximum Gasteiger partial charge on any atom is 0.338 e. The van der Waals surface area contributed by atoms with Crippen LogP contribution in [0.15, 0.2) is 36.4 Å². The number of carbonyl (C=O) groups excluding carboxylic acids is 2. The van der Waals surface area contributed by atoms with Gasteiger partial charge in [-0.25, -0.2) is 4.79 Å². The van der Waals surface area contributed by atoms with Crippen molar-refractivity contribution in [2.75, 3.05) is 24.6 Å². The van der Waals surface area contributed by atoms with Gasteiger partial charge in [-0.15, -0.1) is 0 Å². The van der Waals surface area contributed by atoms with Gasteiger partial charge in [0, 0.05) is 29.9 Å². The maximum atomic E-state index is 12.9. The van der Waals surface area contributed by atoms with Gasteiger partial charge in [-0.3, -0.25) is 0 Å². The molecule has 0 saturated heterocycles. The van der Waals surface area contributed by atoms with E-state index >= 15 is 0 Å². The van der Waals surface area contributed by atoms with E-state index in [4.69, 9.17) is 21.1 Å². The summed E-state index contributed by atoms with van der Waals surface area (Å²) in [4.78, 5) is 26.6. The van der Waals surface area contributed by atoms with Gasteiger partial charge < -0.3 is 19.2 Å². The molecule has 0 N–H and O–H groups in total. The van der Waals surface area contributed by atoms with Gasteiger partial charge in [0.1, 0.15) is 17.6 Å². The molecule has 6 heteroatoms. The van der Waals surface area contributed by atoms with E-state index in [0.29, 0.717) is 30.4 Å². The molecule has 0 radical (unpaired) electrons. The quantitative estimate of drug-likeness (QED) is 0.345. The molecule has 1 saturated carbocycles. The number of aldehydes is 1. The molecule has 3 atom stereocenters. The molecule has 2 aliphatic carbocycles. The number of carbonyl (C=O) groups is 2. The molecule has 1 spiro atoms. The van der Waals surface area contributed by atoms with E-state index in [2.05, 4.69) is 17.0 Å². The summed E-state index contributed by atoms with van der Waals surface area (Å²) in [5, 5.41) is 0.772. The van der Waals surface area contributed by atoms with E-state index in [9.17, 15) is 9.59 Å². The van der Waals surface area contributed by atoms with E-state index in [1.54, 1.807) is 6.07 Å². The largest absolute Gasteiger partial charge is 0.490 e. The molecule has 1 heterocycles. The summed E-state index contributed by atoms with van der Waals surface area (Å²) in [6.45, 7) is 7.87. The van der Waals surface area contributed by atoms with Crippen LogP contribution in [0.25, 0.3) is 0 Å². The SMILES string of the molecule is CC(C)(C)OC(=O)c1ccc2c(c1)N(C[C@@H]1CC[C@H]1CC=O)CC1(CCCc3cc(Cl)ccc31)CO2. The van der Waals surface area contributed by atoms with Crippen LogP contribution in [0.2, 0.25) is 5.02 Å². The number of anilines is 1. The van der Waals surface area contributed by atoms with Crippen molar-refractivity contribution in [3.8, 4) is 5.75 Å². The number of esters is 1. The van der Waals surface area contributed by atoms with Crippen LogP contribution in [-0.2, 0) is 21.4 Å². The molecule has 0 bridgehead atoms. The lowest BCUT2D eigenvalue weighted by molar-refractivity contribution is -0.109. The number of benzene rings is 2. The van der Waals surface area contributed by atoms with Crippen LogP contribution >= 0.6 is 11.6 Å². The monoisotopic (exact) mass is 509 g/mol. The number of hydrogen-bond donors (Lipinski definition) is 0. The number of ether oxygens (including phenoxy) is 2. The van der Waals surface area contributed by atoms with Crippen molar-refractivity contribution in [1.82, 2.24) is 0 Å². The molecule has 3 aliphatic rings. The first-order valence-corrected chi connectivity index (χ1v) is 13.5. The van der Waals surface area contributed by atoms with Gasteiger partial charge in [-0.2, -0.15) is 0 Å². The summed E-state index contributed by atoms with van der Waals surface area (Å²) in [5.74, 6) is 1.35.